The lowest BCUT2D eigenvalue weighted by Crippen LogP contribution is -2.16. The number of anilines is 1. The molecule has 1 heterocycles. The zero-order valence-corrected chi connectivity index (χ0v) is 6.97. The largest absolute Gasteiger partial charge is 0.365 e. The third kappa shape index (κ3) is 1.55. The van der Waals surface area contributed by atoms with Crippen molar-refractivity contribution >= 4 is 5.82 Å². The van der Waals surface area contributed by atoms with Crippen LogP contribution in [0, 0.1) is 5.82 Å². The molecule has 0 amide bonds. The Morgan fingerprint density at radius 3 is 2.75 bits per heavy atom. The first-order chi connectivity index (χ1) is 5.68. The molecule has 1 aliphatic rings. The Morgan fingerprint density at radius 2 is 2.25 bits per heavy atom. The van der Waals surface area contributed by atoms with Crippen LogP contribution in [-0.4, -0.2) is 10.5 Å². The number of hydrogen-bond donors (Lipinski definition) is 1. The summed E-state index contributed by atoms with van der Waals surface area (Å²) < 4.78 is 12.4. The molecule has 2 nitrogen and oxygen atoms in total. The molecule has 0 spiro atoms. The molecule has 64 valence electrons. The van der Waals surface area contributed by atoms with Gasteiger partial charge in [-0.15, -0.1) is 0 Å². The molecule has 0 unspecified atom stereocenters. The van der Waals surface area contributed by atoms with Crippen molar-refractivity contribution in [1.82, 2.24) is 4.98 Å². The van der Waals surface area contributed by atoms with Crippen molar-refractivity contribution in [3.8, 4) is 0 Å². The number of hydrogen-bond acceptors (Lipinski definition) is 2. The lowest BCUT2D eigenvalue weighted by Gasteiger charge is -2.11. The molecule has 1 fully saturated rings. The van der Waals surface area contributed by atoms with Crippen molar-refractivity contribution in [3.63, 3.8) is 0 Å². The molecule has 0 bridgehead atoms. The Balaban J connectivity index is 2.08. The van der Waals surface area contributed by atoms with Gasteiger partial charge in [0.15, 0.2) is 0 Å². The van der Waals surface area contributed by atoms with E-state index in [9.17, 15) is 4.39 Å². The highest BCUT2D eigenvalue weighted by Gasteiger charge is 2.37. The molecular formula is C9H11FN2. The monoisotopic (exact) mass is 166 g/mol. The second-order valence-electron chi connectivity index (χ2n) is 3.55. The fraction of sp³-hybridized carbons (Fsp3) is 0.444. The Morgan fingerprint density at radius 1 is 1.50 bits per heavy atom. The third-order valence-corrected chi connectivity index (χ3v) is 2.16. The highest BCUT2D eigenvalue weighted by molar-refractivity contribution is 5.39. The van der Waals surface area contributed by atoms with Crippen LogP contribution in [0.4, 0.5) is 10.2 Å². The van der Waals surface area contributed by atoms with Gasteiger partial charge in [-0.25, -0.2) is 9.37 Å². The number of aromatic nitrogens is 1. The van der Waals surface area contributed by atoms with Crippen molar-refractivity contribution in [2.45, 2.75) is 25.3 Å². The maximum atomic E-state index is 12.4. The number of nitrogens with zero attached hydrogens (tertiary/aromatic N) is 1. The van der Waals surface area contributed by atoms with Gasteiger partial charge in [-0.05, 0) is 31.9 Å². The first-order valence-corrected chi connectivity index (χ1v) is 4.08. The van der Waals surface area contributed by atoms with E-state index in [0.717, 1.165) is 5.82 Å². The molecule has 0 radical (unpaired) electrons. The van der Waals surface area contributed by atoms with E-state index >= 15 is 0 Å². The van der Waals surface area contributed by atoms with E-state index in [1.165, 1.54) is 25.1 Å². The molecule has 0 atom stereocenters. The van der Waals surface area contributed by atoms with Crippen LogP contribution < -0.4 is 5.32 Å². The van der Waals surface area contributed by atoms with Crippen LogP contribution in [-0.2, 0) is 0 Å². The lowest BCUT2D eigenvalue weighted by molar-refractivity contribution is 0.621. The number of halogens is 1. The van der Waals surface area contributed by atoms with E-state index in [4.69, 9.17) is 0 Å². The molecule has 0 aliphatic heterocycles. The Bertz CT molecular complexity index is 277. The molecule has 0 saturated heterocycles. The summed E-state index contributed by atoms with van der Waals surface area (Å²) >= 11 is 0. The molecule has 0 aromatic carbocycles. The highest BCUT2D eigenvalue weighted by atomic mass is 19.1. The van der Waals surface area contributed by atoms with Crippen LogP contribution in [0.25, 0.3) is 0 Å². The van der Waals surface area contributed by atoms with Gasteiger partial charge in [0.25, 0.3) is 0 Å². The maximum absolute atomic E-state index is 12.4. The Hall–Kier alpha value is -1.12. The average molecular weight is 166 g/mol. The van der Waals surface area contributed by atoms with Gasteiger partial charge in [0.05, 0.1) is 6.20 Å². The summed E-state index contributed by atoms with van der Waals surface area (Å²) in [4.78, 5) is 3.92. The molecule has 3 heteroatoms. The van der Waals surface area contributed by atoms with Gasteiger partial charge >= 0.3 is 0 Å². The van der Waals surface area contributed by atoms with Gasteiger partial charge in [0.1, 0.15) is 11.6 Å². The van der Waals surface area contributed by atoms with Gasteiger partial charge in [0, 0.05) is 5.54 Å². The zero-order valence-electron chi connectivity index (χ0n) is 6.97. The van der Waals surface area contributed by atoms with Crippen LogP contribution in [0.5, 0.6) is 0 Å². The van der Waals surface area contributed by atoms with E-state index in [-0.39, 0.29) is 11.4 Å². The van der Waals surface area contributed by atoms with Gasteiger partial charge in [-0.3, -0.25) is 0 Å². The minimum atomic E-state index is -0.290. The Labute approximate surface area is 70.8 Å². The fourth-order valence-electron chi connectivity index (χ4n) is 1.07. The van der Waals surface area contributed by atoms with Crippen molar-refractivity contribution in [3.05, 3.63) is 24.1 Å². The number of nitrogens with one attached hydrogen (secondary N) is 1. The van der Waals surface area contributed by atoms with Crippen molar-refractivity contribution in [2.24, 2.45) is 0 Å². The van der Waals surface area contributed by atoms with Gasteiger partial charge in [-0.2, -0.15) is 0 Å². The molecule has 1 aliphatic carbocycles. The van der Waals surface area contributed by atoms with Crippen LogP contribution in [0.1, 0.15) is 19.8 Å². The maximum Gasteiger partial charge on any atom is 0.141 e. The lowest BCUT2D eigenvalue weighted by atomic mass is 10.3. The SMILES string of the molecule is CC1(Nc2ccc(F)cn2)CC1. The molecule has 12 heavy (non-hydrogen) atoms. The summed E-state index contributed by atoms with van der Waals surface area (Å²) in [7, 11) is 0. The normalized spacial score (nSPS) is 18.8. The van der Waals surface area contributed by atoms with Crippen LogP contribution >= 0.6 is 0 Å². The minimum absolute atomic E-state index is 0.213. The van der Waals surface area contributed by atoms with Crippen molar-refractivity contribution in [1.29, 1.82) is 0 Å². The summed E-state index contributed by atoms with van der Waals surface area (Å²) in [6, 6.07) is 3.08. The molecule has 1 aromatic heterocycles. The van der Waals surface area contributed by atoms with Crippen LogP contribution in [0.2, 0.25) is 0 Å². The minimum Gasteiger partial charge on any atom is -0.365 e. The first kappa shape index (κ1) is 7.53. The van der Waals surface area contributed by atoms with Crippen LogP contribution in [0.3, 0.4) is 0 Å². The highest BCUT2D eigenvalue weighted by Crippen LogP contribution is 2.37. The average Bonchev–Trinajstić information content (AvgIpc) is 2.74. The predicted octanol–water partition coefficient (Wildman–Crippen LogP) is 2.19. The van der Waals surface area contributed by atoms with E-state index in [0.29, 0.717) is 0 Å². The molecule has 1 saturated carbocycles. The van der Waals surface area contributed by atoms with Crippen LogP contribution in [0.15, 0.2) is 18.3 Å². The topological polar surface area (TPSA) is 24.9 Å². The van der Waals surface area contributed by atoms with Crippen molar-refractivity contribution in [2.75, 3.05) is 5.32 Å². The third-order valence-electron chi connectivity index (χ3n) is 2.16. The summed E-state index contributed by atoms with van der Waals surface area (Å²) in [6.45, 7) is 2.14. The summed E-state index contributed by atoms with van der Waals surface area (Å²) in [5, 5.41) is 3.24. The molecular weight excluding hydrogens is 155 g/mol. The van der Waals surface area contributed by atoms with Crippen molar-refractivity contribution < 1.29 is 4.39 Å². The molecule has 2 rings (SSSR count). The summed E-state index contributed by atoms with van der Waals surface area (Å²) in [5.41, 5.74) is 0.213. The number of pyridine rings is 1. The van der Waals surface area contributed by atoms with E-state index in [2.05, 4.69) is 17.2 Å². The van der Waals surface area contributed by atoms with Gasteiger partial charge in [-0.1, -0.05) is 0 Å². The fourth-order valence-corrected chi connectivity index (χ4v) is 1.07. The van der Waals surface area contributed by atoms with E-state index < -0.39 is 0 Å². The zero-order chi connectivity index (χ0) is 8.60. The standard InChI is InChI=1S/C9H11FN2/c1-9(4-5-9)12-8-3-2-7(10)6-11-8/h2-3,6H,4-5H2,1H3,(H,11,12). The summed E-state index contributed by atoms with van der Waals surface area (Å²) in [5.74, 6) is 0.470. The molecule has 1 aromatic rings. The second-order valence-corrected chi connectivity index (χ2v) is 3.55. The smallest absolute Gasteiger partial charge is 0.141 e. The Kier molecular flexibility index (Phi) is 1.53. The number of rotatable bonds is 2. The quantitative estimate of drug-likeness (QED) is 0.728. The van der Waals surface area contributed by atoms with Gasteiger partial charge in [0.2, 0.25) is 0 Å². The van der Waals surface area contributed by atoms with E-state index in [1.807, 2.05) is 0 Å². The second kappa shape index (κ2) is 2.44. The van der Waals surface area contributed by atoms with E-state index in [1.54, 1.807) is 6.07 Å². The molecule has 1 N–H and O–H groups in total. The van der Waals surface area contributed by atoms with Gasteiger partial charge < -0.3 is 5.32 Å². The summed E-state index contributed by atoms with van der Waals surface area (Å²) in [6.07, 6.45) is 3.58. The predicted molar refractivity (Wildman–Crippen MR) is 45.5 cm³/mol. The first-order valence-electron chi connectivity index (χ1n) is 4.08.